The molecule has 1 atom stereocenters. The summed E-state index contributed by atoms with van der Waals surface area (Å²) in [4.78, 5) is 25.9. The zero-order valence-corrected chi connectivity index (χ0v) is 18.2. The van der Waals surface area contributed by atoms with Gasteiger partial charge >= 0.3 is 0 Å². The van der Waals surface area contributed by atoms with E-state index in [1.807, 2.05) is 48.5 Å². The lowest BCUT2D eigenvalue weighted by atomic mass is 10.1. The van der Waals surface area contributed by atoms with Gasteiger partial charge in [0.05, 0.1) is 26.4 Å². The molecule has 1 unspecified atom stereocenters. The summed E-state index contributed by atoms with van der Waals surface area (Å²) in [5.41, 5.74) is 6.11. The molecule has 164 valence electrons. The molecule has 0 radical (unpaired) electrons. The third-order valence-electron chi connectivity index (χ3n) is 5.19. The smallest absolute Gasteiger partial charge is 0.245 e. The van der Waals surface area contributed by atoms with Crippen LogP contribution < -0.4 is 20.4 Å². The van der Waals surface area contributed by atoms with Crippen LogP contribution in [-0.2, 0) is 16.1 Å². The Morgan fingerprint density at radius 2 is 1.90 bits per heavy atom. The molecule has 2 aromatic carbocycles. The topological polar surface area (TPSA) is 75.1 Å². The first kappa shape index (κ1) is 22.4. The molecular formula is C24H31N4O3+. The number of benzene rings is 2. The monoisotopic (exact) mass is 423 g/mol. The highest BCUT2D eigenvalue weighted by Crippen LogP contribution is 2.20. The van der Waals surface area contributed by atoms with Gasteiger partial charge in [0.2, 0.25) is 11.8 Å². The van der Waals surface area contributed by atoms with Gasteiger partial charge in [-0.15, -0.1) is 0 Å². The van der Waals surface area contributed by atoms with Gasteiger partial charge in [-0.1, -0.05) is 30.3 Å². The maximum absolute atomic E-state index is 12.3. The van der Waals surface area contributed by atoms with Crippen LogP contribution in [0, 0.1) is 0 Å². The number of hydrogen-bond acceptors (Lipinski definition) is 4. The van der Waals surface area contributed by atoms with E-state index in [1.54, 1.807) is 7.11 Å². The second kappa shape index (κ2) is 11.2. The van der Waals surface area contributed by atoms with Crippen molar-refractivity contribution in [2.24, 2.45) is 0 Å². The SMILES string of the molecule is COc1ccc(C2=CCC(=O)N(CC(=O)NCCC[NH+](C)Cc3ccccc3)N2)cc1. The normalized spacial score (nSPS) is 14.5. The molecule has 0 saturated heterocycles. The molecule has 31 heavy (non-hydrogen) atoms. The van der Waals surface area contributed by atoms with Gasteiger partial charge in [0.15, 0.2) is 0 Å². The van der Waals surface area contributed by atoms with Gasteiger partial charge < -0.3 is 15.0 Å². The highest BCUT2D eigenvalue weighted by Gasteiger charge is 2.22. The Kier molecular flexibility index (Phi) is 8.06. The number of quaternary nitrogens is 1. The molecular weight excluding hydrogens is 392 g/mol. The van der Waals surface area contributed by atoms with Crippen LogP contribution in [0.15, 0.2) is 60.7 Å². The Labute approximate surface area is 183 Å². The third-order valence-corrected chi connectivity index (χ3v) is 5.19. The standard InChI is InChI=1S/C24H30N4O3/c1-27(17-19-7-4-3-5-8-19)16-6-15-25-23(29)18-28-24(30)14-13-22(26-28)20-9-11-21(31-2)12-10-20/h3-5,7-13,26H,6,14-18H2,1-2H3,(H,25,29)/p+1. The van der Waals surface area contributed by atoms with Crippen LogP contribution in [0.5, 0.6) is 5.75 Å². The van der Waals surface area contributed by atoms with Crippen LogP contribution in [-0.4, -0.2) is 50.6 Å². The average Bonchev–Trinajstić information content (AvgIpc) is 2.79. The summed E-state index contributed by atoms with van der Waals surface area (Å²) in [6, 6.07) is 17.9. The van der Waals surface area contributed by atoms with Gasteiger partial charge in [0, 0.05) is 24.9 Å². The lowest BCUT2D eigenvalue weighted by Gasteiger charge is -2.29. The third kappa shape index (κ3) is 6.86. The van der Waals surface area contributed by atoms with Gasteiger partial charge in [-0.3, -0.25) is 15.0 Å². The van der Waals surface area contributed by atoms with Crippen LogP contribution in [0.3, 0.4) is 0 Å². The predicted octanol–water partition coefficient (Wildman–Crippen LogP) is 0.994. The van der Waals surface area contributed by atoms with Crippen molar-refractivity contribution in [3.8, 4) is 5.75 Å². The van der Waals surface area contributed by atoms with E-state index in [0.717, 1.165) is 36.5 Å². The molecule has 0 aliphatic carbocycles. The molecule has 2 amide bonds. The summed E-state index contributed by atoms with van der Waals surface area (Å²) in [5, 5.41) is 4.29. The van der Waals surface area contributed by atoms with E-state index in [0.29, 0.717) is 6.54 Å². The predicted molar refractivity (Wildman–Crippen MR) is 120 cm³/mol. The largest absolute Gasteiger partial charge is 0.497 e. The van der Waals surface area contributed by atoms with Crippen LogP contribution in [0.25, 0.3) is 5.70 Å². The molecule has 1 aliphatic rings. The molecule has 0 aromatic heterocycles. The van der Waals surface area contributed by atoms with Crippen molar-refractivity contribution in [1.29, 1.82) is 0 Å². The van der Waals surface area contributed by atoms with Crippen molar-refractivity contribution in [2.45, 2.75) is 19.4 Å². The second-order valence-electron chi connectivity index (χ2n) is 7.72. The zero-order valence-electron chi connectivity index (χ0n) is 18.2. The lowest BCUT2D eigenvalue weighted by Crippen LogP contribution is -3.07. The quantitative estimate of drug-likeness (QED) is 0.499. The fourth-order valence-corrected chi connectivity index (χ4v) is 3.48. The highest BCUT2D eigenvalue weighted by molar-refractivity contribution is 5.88. The second-order valence-corrected chi connectivity index (χ2v) is 7.72. The molecule has 0 fully saturated rings. The van der Waals surface area contributed by atoms with Crippen molar-refractivity contribution in [2.75, 3.05) is 33.8 Å². The minimum absolute atomic E-state index is 0.0148. The van der Waals surface area contributed by atoms with E-state index in [9.17, 15) is 9.59 Å². The maximum Gasteiger partial charge on any atom is 0.245 e. The van der Waals surface area contributed by atoms with Crippen LogP contribution in [0.2, 0.25) is 0 Å². The summed E-state index contributed by atoms with van der Waals surface area (Å²) < 4.78 is 5.18. The average molecular weight is 424 g/mol. The number of amides is 2. The Bertz CT molecular complexity index is 897. The van der Waals surface area contributed by atoms with E-state index < -0.39 is 0 Å². The minimum Gasteiger partial charge on any atom is -0.497 e. The molecule has 2 aromatic rings. The van der Waals surface area contributed by atoms with Gasteiger partial charge in [0.25, 0.3) is 0 Å². The van der Waals surface area contributed by atoms with Gasteiger partial charge in [0.1, 0.15) is 18.8 Å². The number of carbonyl (C=O) groups excluding carboxylic acids is 2. The summed E-state index contributed by atoms with van der Waals surface area (Å²) in [6.45, 7) is 2.50. The molecule has 0 saturated carbocycles. The number of nitrogens with one attached hydrogen (secondary N) is 3. The lowest BCUT2D eigenvalue weighted by molar-refractivity contribution is -0.893. The first-order chi connectivity index (χ1) is 15.0. The van der Waals surface area contributed by atoms with E-state index >= 15 is 0 Å². The number of hydrogen-bond donors (Lipinski definition) is 3. The zero-order chi connectivity index (χ0) is 22.1. The highest BCUT2D eigenvalue weighted by atomic mass is 16.5. The summed E-state index contributed by atoms with van der Waals surface area (Å²) in [7, 11) is 3.77. The van der Waals surface area contributed by atoms with Crippen molar-refractivity contribution < 1.29 is 19.2 Å². The van der Waals surface area contributed by atoms with E-state index in [1.165, 1.54) is 15.5 Å². The number of methoxy groups -OCH3 is 1. The fourth-order valence-electron chi connectivity index (χ4n) is 3.48. The summed E-state index contributed by atoms with van der Waals surface area (Å²) >= 11 is 0. The molecule has 7 heteroatoms. The molecule has 0 spiro atoms. The Balaban J connectivity index is 1.40. The van der Waals surface area contributed by atoms with Crippen molar-refractivity contribution in [3.63, 3.8) is 0 Å². The number of nitrogens with zero attached hydrogens (tertiary/aromatic N) is 1. The Morgan fingerprint density at radius 1 is 1.16 bits per heavy atom. The molecule has 7 nitrogen and oxygen atoms in total. The number of rotatable bonds is 10. The van der Waals surface area contributed by atoms with Gasteiger partial charge in [-0.2, -0.15) is 0 Å². The number of carbonyl (C=O) groups is 2. The van der Waals surface area contributed by atoms with Gasteiger partial charge in [-0.25, -0.2) is 5.01 Å². The molecule has 1 aliphatic heterocycles. The van der Waals surface area contributed by atoms with E-state index in [-0.39, 0.29) is 24.8 Å². The number of ether oxygens (including phenoxy) is 1. The van der Waals surface area contributed by atoms with E-state index in [2.05, 4.69) is 29.9 Å². The molecule has 3 N–H and O–H groups in total. The molecule has 3 rings (SSSR count). The first-order valence-corrected chi connectivity index (χ1v) is 10.6. The number of hydrazine groups is 1. The maximum atomic E-state index is 12.3. The fraction of sp³-hybridized carbons (Fsp3) is 0.333. The molecule has 0 bridgehead atoms. The Morgan fingerprint density at radius 3 is 2.61 bits per heavy atom. The van der Waals surface area contributed by atoms with Crippen molar-refractivity contribution in [3.05, 3.63) is 71.8 Å². The van der Waals surface area contributed by atoms with Crippen molar-refractivity contribution >= 4 is 17.5 Å². The van der Waals surface area contributed by atoms with E-state index in [4.69, 9.17) is 4.74 Å². The van der Waals surface area contributed by atoms with Gasteiger partial charge in [-0.05, 0) is 35.9 Å². The summed E-state index contributed by atoms with van der Waals surface area (Å²) in [6.07, 6.45) is 2.97. The Hall–Kier alpha value is -3.32. The van der Waals surface area contributed by atoms with Crippen molar-refractivity contribution in [1.82, 2.24) is 15.8 Å². The van der Waals surface area contributed by atoms with Crippen LogP contribution >= 0.6 is 0 Å². The molecule has 1 heterocycles. The first-order valence-electron chi connectivity index (χ1n) is 10.6. The minimum atomic E-state index is -0.169. The van der Waals surface area contributed by atoms with Crippen LogP contribution in [0.4, 0.5) is 0 Å². The van der Waals surface area contributed by atoms with Crippen LogP contribution in [0.1, 0.15) is 24.0 Å². The summed E-state index contributed by atoms with van der Waals surface area (Å²) in [5.74, 6) is 0.473.